The van der Waals surface area contributed by atoms with Gasteiger partial charge in [0, 0.05) is 17.1 Å². The summed E-state index contributed by atoms with van der Waals surface area (Å²) < 4.78 is 5.13. The van der Waals surface area contributed by atoms with E-state index in [1.807, 2.05) is 38.1 Å². The minimum atomic E-state index is -0.365. The van der Waals surface area contributed by atoms with Gasteiger partial charge >= 0.3 is 6.03 Å². The van der Waals surface area contributed by atoms with E-state index in [0.717, 1.165) is 5.56 Å². The first-order valence-electron chi connectivity index (χ1n) is 8.98. The Morgan fingerprint density at radius 1 is 0.964 bits per heavy atom. The number of urea groups is 1. The van der Waals surface area contributed by atoms with Crippen molar-refractivity contribution >= 4 is 29.0 Å². The van der Waals surface area contributed by atoms with Crippen LogP contribution in [0.2, 0.25) is 0 Å². The van der Waals surface area contributed by atoms with E-state index in [1.54, 1.807) is 31.2 Å². The number of hydrogen-bond donors (Lipinski definition) is 3. The summed E-state index contributed by atoms with van der Waals surface area (Å²) in [6, 6.07) is 14.1. The number of carbonyl (C=O) groups is 2. The standard InChI is InChI=1S/C21H22N4O3/c1-4-17-19(14(3)28-25-17)20(26)24-18-12-16(11-10-13(18)2)23-21(27)22-15-8-6-5-7-9-15/h5-12H,4H2,1-3H3,(H,24,26)(H2,22,23,27). The first-order chi connectivity index (χ1) is 13.5. The normalized spacial score (nSPS) is 10.4. The molecule has 0 spiro atoms. The minimum Gasteiger partial charge on any atom is -0.361 e. The molecule has 7 heteroatoms. The second-order valence-electron chi connectivity index (χ2n) is 6.34. The molecule has 0 saturated heterocycles. The lowest BCUT2D eigenvalue weighted by atomic mass is 10.1. The molecule has 144 valence electrons. The van der Waals surface area contributed by atoms with E-state index in [9.17, 15) is 9.59 Å². The van der Waals surface area contributed by atoms with Gasteiger partial charge in [0.1, 0.15) is 11.3 Å². The molecule has 0 aliphatic heterocycles. The number of aromatic nitrogens is 1. The number of nitrogens with one attached hydrogen (secondary N) is 3. The van der Waals surface area contributed by atoms with Gasteiger partial charge in [-0.15, -0.1) is 0 Å². The van der Waals surface area contributed by atoms with Crippen molar-refractivity contribution in [2.45, 2.75) is 27.2 Å². The van der Waals surface area contributed by atoms with Crippen molar-refractivity contribution in [1.29, 1.82) is 0 Å². The van der Waals surface area contributed by atoms with Crippen LogP contribution in [0.5, 0.6) is 0 Å². The van der Waals surface area contributed by atoms with E-state index in [-0.39, 0.29) is 11.9 Å². The molecule has 1 aromatic heterocycles. The molecule has 3 aromatic rings. The number of rotatable bonds is 5. The van der Waals surface area contributed by atoms with E-state index in [4.69, 9.17) is 4.52 Å². The Bertz CT molecular complexity index is 996. The lowest BCUT2D eigenvalue weighted by Gasteiger charge is -2.12. The number of hydrogen-bond acceptors (Lipinski definition) is 4. The van der Waals surface area contributed by atoms with Gasteiger partial charge in [0.05, 0.1) is 5.69 Å². The lowest BCUT2D eigenvalue weighted by Crippen LogP contribution is -2.20. The van der Waals surface area contributed by atoms with Gasteiger partial charge in [0.15, 0.2) is 0 Å². The highest BCUT2D eigenvalue weighted by molar-refractivity contribution is 6.06. The summed E-state index contributed by atoms with van der Waals surface area (Å²) in [5, 5.41) is 12.3. The molecule has 7 nitrogen and oxygen atoms in total. The van der Waals surface area contributed by atoms with Crippen LogP contribution in [0.1, 0.15) is 34.3 Å². The second-order valence-corrected chi connectivity index (χ2v) is 6.34. The summed E-state index contributed by atoms with van der Waals surface area (Å²) in [6.45, 7) is 5.50. The number of aryl methyl sites for hydroxylation is 3. The quantitative estimate of drug-likeness (QED) is 0.597. The van der Waals surface area contributed by atoms with E-state index < -0.39 is 0 Å². The van der Waals surface area contributed by atoms with Crippen LogP contribution in [0.15, 0.2) is 53.1 Å². The fourth-order valence-corrected chi connectivity index (χ4v) is 2.78. The Balaban J connectivity index is 1.73. The summed E-state index contributed by atoms with van der Waals surface area (Å²) >= 11 is 0. The maximum absolute atomic E-state index is 12.7. The Labute approximate surface area is 163 Å². The molecule has 0 fully saturated rings. The number of nitrogens with zero attached hydrogens (tertiary/aromatic N) is 1. The minimum absolute atomic E-state index is 0.287. The van der Waals surface area contributed by atoms with Gasteiger partial charge in [0.2, 0.25) is 0 Å². The van der Waals surface area contributed by atoms with Gasteiger partial charge < -0.3 is 20.5 Å². The Kier molecular flexibility index (Phi) is 5.74. The first-order valence-corrected chi connectivity index (χ1v) is 8.98. The summed E-state index contributed by atoms with van der Waals surface area (Å²) in [4.78, 5) is 24.9. The zero-order valence-corrected chi connectivity index (χ0v) is 16.0. The van der Waals surface area contributed by atoms with Crippen molar-refractivity contribution in [3.8, 4) is 0 Å². The number of para-hydroxylation sites is 1. The summed E-state index contributed by atoms with van der Waals surface area (Å²) in [7, 11) is 0. The van der Waals surface area contributed by atoms with Crippen molar-refractivity contribution in [2.24, 2.45) is 0 Å². The third-order valence-electron chi connectivity index (χ3n) is 4.27. The number of benzene rings is 2. The fourth-order valence-electron chi connectivity index (χ4n) is 2.78. The molecular formula is C21H22N4O3. The lowest BCUT2D eigenvalue weighted by molar-refractivity contribution is 0.102. The van der Waals surface area contributed by atoms with Crippen LogP contribution < -0.4 is 16.0 Å². The highest BCUT2D eigenvalue weighted by Crippen LogP contribution is 2.23. The van der Waals surface area contributed by atoms with Crippen LogP contribution >= 0.6 is 0 Å². The van der Waals surface area contributed by atoms with Gasteiger partial charge in [-0.3, -0.25) is 4.79 Å². The Morgan fingerprint density at radius 2 is 1.68 bits per heavy atom. The topological polar surface area (TPSA) is 96.3 Å². The molecular weight excluding hydrogens is 356 g/mol. The molecule has 0 atom stereocenters. The first kappa shape index (κ1) is 19.2. The van der Waals surface area contributed by atoms with Gasteiger partial charge in [0.25, 0.3) is 5.91 Å². The Morgan fingerprint density at radius 3 is 2.39 bits per heavy atom. The second kappa shape index (κ2) is 8.39. The van der Waals surface area contributed by atoms with Gasteiger partial charge in [-0.2, -0.15) is 0 Å². The predicted molar refractivity (Wildman–Crippen MR) is 109 cm³/mol. The van der Waals surface area contributed by atoms with Gasteiger partial charge in [-0.05, 0) is 50.1 Å². The van der Waals surface area contributed by atoms with E-state index >= 15 is 0 Å². The van der Waals surface area contributed by atoms with Crippen LogP contribution in [-0.4, -0.2) is 17.1 Å². The van der Waals surface area contributed by atoms with Crippen LogP contribution in [0.25, 0.3) is 0 Å². The summed E-state index contributed by atoms with van der Waals surface area (Å²) in [6.07, 6.45) is 0.598. The monoisotopic (exact) mass is 378 g/mol. The number of amides is 3. The average Bonchev–Trinajstić information content (AvgIpc) is 3.06. The molecule has 2 aromatic carbocycles. The SMILES string of the molecule is CCc1noc(C)c1C(=O)Nc1cc(NC(=O)Nc2ccccc2)ccc1C. The molecule has 0 saturated carbocycles. The maximum atomic E-state index is 12.7. The molecule has 0 aliphatic rings. The zero-order valence-electron chi connectivity index (χ0n) is 16.0. The fraction of sp³-hybridized carbons (Fsp3) is 0.190. The van der Waals surface area contributed by atoms with Crippen molar-refractivity contribution in [1.82, 2.24) is 5.16 Å². The molecule has 3 rings (SSSR count). The molecule has 1 heterocycles. The van der Waals surface area contributed by atoms with E-state index in [2.05, 4.69) is 21.1 Å². The average molecular weight is 378 g/mol. The molecule has 0 bridgehead atoms. The molecule has 3 amide bonds. The Hall–Kier alpha value is -3.61. The summed E-state index contributed by atoms with van der Waals surface area (Å²) in [5.74, 6) is 0.188. The number of carbonyl (C=O) groups excluding carboxylic acids is 2. The molecule has 28 heavy (non-hydrogen) atoms. The zero-order chi connectivity index (χ0) is 20.1. The molecule has 0 radical (unpaired) electrons. The van der Waals surface area contributed by atoms with E-state index in [0.29, 0.717) is 40.5 Å². The molecule has 0 unspecified atom stereocenters. The highest BCUT2D eigenvalue weighted by atomic mass is 16.5. The maximum Gasteiger partial charge on any atom is 0.323 e. The van der Waals surface area contributed by atoms with Crippen molar-refractivity contribution in [2.75, 3.05) is 16.0 Å². The highest BCUT2D eigenvalue weighted by Gasteiger charge is 2.20. The van der Waals surface area contributed by atoms with Crippen molar-refractivity contribution in [3.05, 3.63) is 71.1 Å². The molecule has 3 N–H and O–H groups in total. The van der Waals surface area contributed by atoms with Gasteiger partial charge in [-0.1, -0.05) is 36.3 Å². The van der Waals surface area contributed by atoms with Crippen molar-refractivity contribution < 1.29 is 14.1 Å². The predicted octanol–water partition coefficient (Wildman–Crippen LogP) is 4.75. The van der Waals surface area contributed by atoms with Crippen LogP contribution in [-0.2, 0) is 6.42 Å². The third kappa shape index (κ3) is 4.37. The van der Waals surface area contributed by atoms with Gasteiger partial charge in [-0.25, -0.2) is 4.79 Å². The van der Waals surface area contributed by atoms with E-state index in [1.165, 1.54) is 0 Å². The third-order valence-corrected chi connectivity index (χ3v) is 4.27. The number of anilines is 3. The summed E-state index contributed by atoms with van der Waals surface area (Å²) in [5.41, 5.74) is 3.79. The van der Waals surface area contributed by atoms with Crippen LogP contribution in [0.3, 0.4) is 0 Å². The largest absolute Gasteiger partial charge is 0.361 e. The van der Waals surface area contributed by atoms with Crippen molar-refractivity contribution in [3.63, 3.8) is 0 Å². The smallest absolute Gasteiger partial charge is 0.323 e. The van der Waals surface area contributed by atoms with Crippen LogP contribution in [0, 0.1) is 13.8 Å². The van der Waals surface area contributed by atoms with Crippen LogP contribution in [0.4, 0.5) is 21.9 Å². The molecule has 0 aliphatic carbocycles.